The maximum Gasteiger partial charge on any atom is 0.230 e. The second kappa shape index (κ2) is 6.33. The highest BCUT2D eigenvalue weighted by Gasteiger charge is 2.17. The number of nitrogen functional groups attached to an aromatic ring is 1. The molecule has 0 saturated carbocycles. The Hall–Kier alpha value is -1.78. The number of nitrogens with zero attached hydrogens (tertiary/aromatic N) is 1. The molecule has 0 saturated heterocycles. The van der Waals surface area contributed by atoms with Crippen LogP contribution in [0.25, 0.3) is 11.1 Å². The molecule has 5 heteroatoms. The summed E-state index contributed by atoms with van der Waals surface area (Å²) in [5.74, 6) is 0.328. The lowest BCUT2D eigenvalue weighted by Crippen LogP contribution is -1.93. The lowest BCUT2D eigenvalue weighted by Gasteiger charge is -2.04. The molecule has 0 unspecified atom stereocenters. The molecular weight excluding hydrogens is 304 g/mol. The zero-order valence-electron chi connectivity index (χ0n) is 11.4. The van der Waals surface area contributed by atoms with Gasteiger partial charge >= 0.3 is 0 Å². The Balaban J connectivity index is 1.79. The van der Waals surface area contributed by atoms with Gasteiger partial charge in [0.25, 0.3) is 0 Å². The van der Waals surface area contributed by atoms with E-state index in [9.17, 15) is 0 Å². The first-order chi connectivity index (χ1) is 10.3. The Morgan fingerprint density at radius 2 is 2.00 bits per heavy atom. The topological polar surface area (TPSA) is 52.0 Å². The van der Waals surface area contributed by atoms with E-state index in [2.05, 4.69) is 22.7 Å². The second-order valence-electron chi connectivity index (χ2n) is 4.78. The molecule has 0 fully saturated rings. The average Bonchev–Trinajstić information content (AvgIpc) is 3.11. The van der Waals surface area contributed by atoms with Crippen LogP contribution in [0.3, 0.4) is 0 Å². The van der Waals surface area contributed by atoms with Gasteiger partial charge in [-0.1, -0.05) is 41.0 Å². The summed E-state index contributed by atoms with van der Waals surface area (Å²) in [6, 6.07) is 11.8. The molecule has 0 amide bonds. The highest BCUT2D eigenvalue weighted by Crippen LogP contribution is 2.35. The van der Waals surface area contributed by atoms with Gasteiger partial charge in [-0.2, -0.15) is 0 Å². The molecule has 1 aromatic carbocycles. The molecule has 0 radical (unpaired) electrons. The molecular formula is C16H15ClN2OS. The van der Waals surface area contributed by atoms with E-state index < -0.39 is 0 Å². The fraction of sp³-hybridized carbons (Fsp3) is 0.188. The first-order valence-corrected chi connectivity index (χ1v) is 8.03. The maximum absolute atomic E-state index is 6.25. The zero-order valence-corrected chi connectivity index (χ0v) is 13.0. The number of aryl methyl sites for hydroxylation is 2. The van der Waals surface area contributed by atoms with E-state index in [0.29, 0.717) is 10.9 Å². The molecule has 0 aliphatic rings. The first kappa shape index (κ1) is 14.2. The second-order valence-corrected chi connectivity index (χ2v) is 6.22. The van der Waals surface area contributed by atoms with E-state index in [1.807, 2.05) is 24.3 Å². The Kier molecular flexibility index (Phi) is 4.27. The van der Waals surface area contributed by atoms with Crippen LogP contribution in [0.5, 0.6) is 0 Å². The molecule has 3 aromatic rings. The summed E-state index contributed by atoms with van der Waals surface area (Å²) in [6.07, 6.45) is 2.86. The molecule has 0 atom stereocenters. The van der Waals surface area contributed by atoms with E-state index in [0.717, 1.165) is 36.1 Å². The highest BCUT2D eigenvalue weighted by atomic mass is 35.5. The molecule has 2 aromatic heterocycles. The van der Waals surface area contributed by atoms with Gasteiger partial charge in [0.15, 0.2) is 0 Å². The fourth-order valence-corrected chi connectivity index (χ4v) is 3.33. The molecule has 3 nitrogen and oxygen atoms in total. The van der Waals surface area contributed by atoms with Gasteiger partial charge in [-0.25, -0.2) is 0 Å². The lowest BCUT2D eigenvalue weighted by atomic mass is 10.0. The number of halogens is 1. The SMILES string of the molecule is Nc1onc(CCCc2cccs2)c1-c1ccccc1Cl. The van der Waals surface area contributed by atoms with Crippen LogP contribution >= 0.6 is 22.9 Å². The summed E-state index contributed by atoms with van der Waals surface area (Å²) in [6.45, 7) is 0. The fourth-order valence-electron chi connectivity index (χ4n) is 2.35. The van der Waals surface area contributed by atoms with E-state index in [-0.39, 0.29) is 0 Å². The molecule has 0 aliphatic heterocycles. The highest BCUT2D eigenvalue weighted by molar-refractivity contribution is 7.09. The summed E-state index contributed by atoms with van der Waals surface area (Å²) in [5, 5.41) is 6.85. The minimum atomic E-state index is 0.328. The predicted molar refractivity (Wildman–Crippen MR) is 87.7 cm³/mol. The van der Waals surface area contributed by atoms with Gasteiger partial charge in [-0.05, 0) is 36.8 Å². The van der Waals surface area contributed by atoms with Crippen LogP contribution in [0.15, 0.2) is 46.3 Å². The van der Waals surface area contributed by atoms with E-state index >= 15 is 0 Å². The minimum Gasteiger partial charge on any atom is -0.367 e. The molecule has 0 aliphatic carbocycles. The van der Waals surface area contributed by atoms with Gasteiger partial charge in [0.05, 0.1) is 11.3 Å². The molecule has 21 heavy (non-hydrogen) atoms. The van der Waals surface area contributed by atoms with E-state index in [4.69, 9.17) is 21.9 Å². The van der Waals surface area contributed by atoms with Crippen molar-refractivity contribution < 1.29 is 4.52 Å². The summed E-state index contributed by atoms with van der Waals surface area (Å²) >= 11 is 8.03. The standard InChI is InChI=1S/C16H15ClN2OS/c17-13-8-2-1-7-12(13)15-14(19-20-16(15)18)9-3-5-11-6-4-10-21-11/h1-2,4,6-8,10H,3,5,9,18H2. The number of hydrogen-bond donors (Lipinski definition) is 1. The molecule has 2 N–H and O–H groups in total. The van der Waals surface area contributed by atoms with Crippen molar-refractivity contribution in [2.24, 2.45) is 0 Å². The smallest absolute Gasteiger partial charge is 0.230 e. The predicted octanol–water partition coefficient (Wildman–Crippen LogP) is 4.81. The van der Waals surface area contributed by atoms with Gasteiger partial charge in [-0.3, -0.25) is 0 Å². The largest absolute Gasteiger partial charge is 0.367 e. The first-order valence-electron chi connectivity index (χ1n) is 6.77. The van der Waals surface area contributed by atoms with Crippen LogP contribution in [0, 0.1) is 0 Å². The number of thiophene rings is 1. The van der Waals surface area contributed by atoms with Gasteiger partial charge in [0, 0.05) is 15.5 Å². The monoisotopic (exact) mass is 318 g/mol. The number of anilines is 1. The van der Waals surface area contributed by atoms with E-state index in [1.165, 1.54) is 4.88 Å². The van der Waals surface area contributed by atoms with Gasteiger partial charge in [-0.15, -0.1) is 11.3 Å². The van der Waals surface area contributed by atoms with Crippen molar-refractivity contribution in [2.75, 3.05) is 5.73 Å². The third-order valence-corrected chi connectivity index (χ3v) is 4.61. The quantitative estimate of drug-likeness (QED) is 0.734. The van der Waals surface area contributed by atoms with Crippen LogP contribution in [0.2, 0.25) is 5.02 Å². The van der Waals surface area contributed by atoms with Gasteiger partial charge < -0.3 is 10.3 Å². The normalized spacial score (nSPS) is 10.9. The number of nitrogens with two attached hydrogens (primary N) is 1. The van der Waals surface area contributed by atoms with Crippen molar-refractivity contribution in [1.29, 1.82) is 0 Å². The number of rotatable bonds is 5. The third-order valence-electron chi connectivity index (χ3n) is 3.35. The Bertz CT molecular complexity index is 722. The molecule has 108 valence electrons. The summed E-state index contributed by atoms with van der Waals surface area (Å²) in [5.41, 5.74) is 8.50. The number of benzene rings is 1. The van der Waals surface area contributed by atoms with Crippen molar-refractivity contribution in [3.05, 3.63) is 57.4 Å². The van der Waals surface area contributed by atoms with Crippen LogP contribution < -0.4 is 5.73 Å². The van der Waals surface area contributed by atoms with Gasteiger partial charge in [0.2, 0.25) is 5.88 Å². The zero-order chi connectivity index (χ0) is 14.7. The molecule has 0 spiro atoms. The van der Waals surface area contributed by atoms with Crippen LogP contribution in [0.4, 0.5) is 5.88 Å². The van der Waals surface area contributed by atoms with E-state index in [1.54, 1.807) is 11.3 Å². The average molecular weight is 319 g/mol. The summed E-state index contributed by atoms with van der Waals surface area (Å²) in [7, 11) is 0. The Morgan fingerprint density at radius 3 is 2.76 bits per heavy atom. The van der Waals surface area contributed by atoms with Gasteiger partial charge in [0.1, 0.15) is 0 Å². The Morgan fingerprint density at radius 1 is 1.14 bits per heavy atom. The number of aromatic nitrogens is 1. The molecule has 2 heterocycles. The minimum absolute atomic E-state index is 0.328. The van der Waals surface area contributed by atoms with Crippen molar-refractivity contribution in [3.63, 3.8) is 0 Å². The molecule has 3 rings (SSSR count). The Labute approximate surface area is 132 Å². The van der Waals surface area contributed by atoms with Crippen LogP contribution in [0.1, 0.15) is 17.0 Å². The van der Waals surface area contributed by atoms with Crippen molar-refractivity contribution >= 4 is 28.8 Å². The van der Waals surface area contributed by atoms with Crippen molar-refractivity contribution in [1.82, 2.24) is 5.16 Å². The summed E-state index contributed by atoms with van der Waals surface area (Å²) < 4.78 is 5.16. The van der Waals surface area contributed by atoms with Crippen molar-refractivity contribution in [3.8, 4) is 11.1 Å². The van der Waals surface area contributed by atoms with Crippen LogP contribution in [-0.2, 0) is 12.8 Å². The number of hydrogen-bond acceptors (Lipinski definition) is 4. The van der Waals surface area contributed by atoms with Crippen molar-refractivity contribution in [2.45, 2.75) is 19.3 Å². The maximum atomic E-state index is 6.25. The third kappa shape index (κ3) is 3.12. The summed E-state index contributed by atoms with van der Waals surface area (Å²) in [4.78, 5) is 1.38. The lowest BCUT2D eigenvalue weighted by molar-refractivity contribution is 0.426. The molecule has 0 bridgehead atoms. The van der Waals surface area contributed by atoms with Crippen LogP contribution in [-0.4, -0.2) is 5.16 Å².